The predicted molar refractivity (Wildman–Crippen MR) is 65.2 cm³/mol. The Bertz CT molecular complexity index is 361. The number of aromatic nitrogens is 2. The fourth-order valence-corrected chi connectivity index (χ4v) is 1.87. The van der Waals surface area contributed by atoms with Crippen LogP contribution in [-0.2, 0) is 0 Å². The van der Waals surface area contributed by atoms with Crippen LogP contribution in [0.1, 0.15) is 31.9 Å². The maximum atomic E-state index is 5.36. The van der Waals surface area contributed by atoms with Gasteiger partial charge >= 0.3 is 0 Å². The fourth-order valence-electron chi connectivity index (χ4n) is 1.87. The summed E-state index contributed by atoms with van der Waals surface area (Å²) >= 11 is 0. The molecule has 1 aromatic heterocycles. The van der Waals surface area contributed by atoms with Crippen LogP contribution in [0.3, 0.4) is 0 Å². The summed E-state index contributed by atoms with van der Waals surface area (Å²) in [4.78, 5) is 11.0. The van der Waals surface area contributed by atoms with Crippen molar-refractivity contribution in [2.75, 3.05) is 16.9 Å². The summed E-state index contributed by atoms with van der Waals surface area (Å²) in [5, 5.41) is 0. The predicted octanol–water partition coefficient (Wildman–Crippen LogP) is 1.45. The van der Waals surface area contributed by atoms with Crippen LogP contribution < -0.4 is 16.2 Å². The lowest BCUT2D eigenvalue weighted by molar-refractivity contribution is 0.748. The lowest BCUT2D eigenvalue weighted by atomic mass is 10.3. The van der Waals surface area contributed by atoms with Gasteiger partial charge in [-0.1, -0.05) is 6.92 Å². The van der Waals surface area contributed by atoms with Crippen LogP contribution in [0.25, 0.3) is 0 Å². The minimum Gasteiger partial charge on any atom is -0.353 e. The molecular formula is C11H19N5. The number of nitrogens with one attached hydrogen (secondary N) is 1. The van der Waals surface area contributed by atoms with E-state index in [2.05, 4.69) is 27.2 Å². The molecule has 0 aliphatic heterocycles. The zero-order valence-electron chi connectivity index (χ0n) is 9.90. The number of hydrazine groups is 1. The molecule has 16 heavy (non-hydrogen) atoms. The number of anilines is 2. The topological polar surface area (TPSA) is 67.1 Å². The molecule has 1 saturated carbocycles. The molecule has 1 fully saturated rings. The van der Waals surface area contributed by atoms with E-state index in [9.17, 15) is 0 Å². The Morgan fingerprint density at radius 2 is 2.25 bits per heavy atom. The van der Waals surface area contributed by atoms with Crippen LogP contribution in [0.5, 0.6) is 0 Å². The van der Waals surface area contributed by atoms with E-state index in [0.717, 1.165) is 24.5 Å². The summed E-state index contributed by atoms with van der Waals surface area (Å²) in [5.41, 5.74) is 3.46. The molecule has 5 heteroatoms. The van der Waals surface area contributed by atoms with E-state index < -0.39 is 0 Å². The average Bonchev–Trinajstić information content (AvgIpc) is 3.08. The Morgan fingerprint density at radius 1 is 1.50 bits per heavy atom. The first-order chi connectivity index (χ1) is 7.74. The largest absolute Gasteiger partial charge is 0.353 e. The van der Waals surface area contributed by atoms with E-state index in [0.29, 0.717) is 12.0 Å². The highest BCUT2D eigenvalue weighted by atomic mass is 15.3. The molecule has 1 aliphatic rings. The molecule has 0 spiro atoms. The molecule has 0 unspecified atom stereocenters. The van der Waals surface area contributed by atoms with Gasteiger partial charge in [-0.15, -0.1) is 0 Å². The van der Waals surface area contributed by atoms with Crippen molar-refractivity contribution >= 4 is 11.8 Å². The van der Waals surface area contributed by atoms with E-state index in [4.69, 9.17) is 5.84 Å². The van der Waals surface area contributed by atoms with Crippen LogP contribution in [0.4, 0.5) is 11.8 Å². The first kappa shape index (κ1) is 11.1. The van der Waals surface area contributed by atoms with Crippen LogP contribution >= 0.6 is 0 Å². The van der Waals surface area contributed by atoms with Gasteiger partial charge in [0.15, 0.2) is 0 Å². The third-order valence-corrected chi connectivity index (χ3v) is 2.72. The molecular weight excluding hydrogens is 202 g/mol. The molecule has 3 N–H and O–H groups in total. The van der Waals surface area contributed by atoms with Gasteiger partial charge in [0.2, 0.25) is 5.95 Å². The molecule has 0 radical (unpaired) electrons. The quantitative estimate of drug-likeness (QED) is 0.582. The zero-order valence-corrected chi connectivity index (χ0v) is 9.90. The summed E-state index contributed by atoms with van der Waals surface area (Å²) in [5.74, 6) is 6.85. The Hall–Kier alpha value is -1.36. The van der Waals surface area contributed by atoms with Gasteiger partial charge in [0, 0.05) is 24.3 Å². The van der Waals surface area contributed by atoms with Crippen molar-refractivity contribution in [2.45, 2.75) is 39.2 Å². The summed E-state index contributed by atoms with van der Waals surface area (Å²) in [6.45, 7) is 5.19. The number of nitrogens with two attached hydrogens (primary N) is 1. The van der Waals surface area contributed by atoms with Crippen molar-refractivity contribution in [1.82, 2.24) is 9.97 Å². The molecule has 88 valence electrons. The van der Waals surface area contributed by atoms with Gasteiger partial charge in [-0.3, -0.25) is 5.43 Å². The second-order valence-corrected chi connectivity index (χ2v) is 4.26. The number of hydrogen-bond acceptors (Lipinski definition) is 5. The molecule has 0 aromatic carbocycles. The van der Waals surface area contributed by atoms with Gasteiger partial charge in [0.1, 0.15) is 5.82 Å². The van der Waals surface area contributed by atoms with Gasteiger partial charge < -0.3 is 4.90 Å². The van der Waals surface area contributed by atoms with Crippen LogP contribution in [0, 0.1) is 6.92 Å². The molecule has 5 nitrogen and oxygen atoms in total. The average molecular weight is 221 g/mol. The molecule has 2 rings (SSSR count). The second-order valence-electron chi connectivity index (χ2n) is 4.26. The fraction of sp³-hybridized carbons (Fsp3) is 0.636. The summed E-state index contributed by atoms with van der Waals surface area (Å²) in [7, 11) is 0. The van der Waals surface area contributed by atoms with Crippen molar-refractivity contribution in [3.8, 4) is 0 Å². The zero-order chi connectivity index (χ0) is 11.5. The smallest absolute Gasteiger partial charge is 0.239 e. The Labute approximate surface area is 96.0 Å². The number of rotatable bonds is 5. The third-order valence-electron chi connectivity index (χ3n) is 2.72. The molecule has 1 heterocycles. The SMILES string of the molecule is CCCN(c1cc(C)nc(NN)n1)C1CC1. The lowest BCUT2D eigenvalue weighted by Crippen LogP contribution is -2.28. The number of aryl methyl sites for hydroxylation is 1. The van der Waals surface area contributed by atoms with Crippen molar-refractivity contribution in [3.63, 3.8) is 0 Å². The van der Waals surface area contributed by atoms with Gasteiger partial charge in [-0.05, 0) is 26.2 Å². The monoisotopic (exact) mass is 221 g/mol. The van der Waals surface area contributed by atoms with Gasteiger partial charge in [-0.25, -0.2) is 10.8 Å². The Balaban J connectivity index is 2.25. The van der Waals surface area contributed by atoms with Crippen LogP contribution in [-0.4, -0.2) is 22.6 Å². The van der Waals surface area contributed by atoms with E-state index in [1.807, 2.05) is 13.0 Å². The minimum atomic E-state index is 0.497. The number of hydrogen-bond donors (Lipinski definition) is 2. The van der Waals surface area contributed by atoms with Gasteiger partial charge in [0.25, 0.3) is 0 Å². The maximum Gasteiger partial charge on any atom is 0.239 e. The highest BCUT2D eigenvalue weighted by molar-refractivity contribution is 5.46. The molecule has 0 amide bonds. The summed E-state index contributed by atoms with van der Waals surface area (Å²) in [6.07, 6.45) is 3.67. The van der Waals surface area contributed by atoms with Gasteiger partial charge in [0.05, 0.1) is 0 Å². The number of nitrogen functional groups attached to an aromatic ring is 1. The summed E-state index contributed by atoms with van der Waals surface area (Å²) < 4.78 is 0. The lowest BCUT2D eigenvalue weighted by Gasteiger charge is -2.23. The third kappa shape index (κ3) is 2.41. The molecule has 0 atom stereocenters. The van der Waals surface area contributed by atoms with Crippen LogP contribution in [0.2, 0.25) is 0 Å². The highest BCUT2D eigenvalue weighted by Crippen LogP contribution is 2.31. The van der Waals surface area contributed by atoms with Gasteiger partial charge in [-0.2, -0.15) is 4.98 Å². The van der Waals surface area contributed by atoms with E-state index in [-0.39, 0.29) is 0 Å². The molecule has 1 aliphatic carbocycles. The first-order valence-corrected chi connectivity index (χ1v) is 5.83. The van der Waals surface area contributed by atoms with Crippen LogP contribution in [0.15, 0.2) is 6.07 Å². The highest BCUT2D eigenvalue weighted by Gasteiger charge is 2.29. The molecule has 0 saturated heterocycles. The van der Waals surface area contributed by atoms with Crippen molar-refractivity contribution in [2.24, 2.45) is 5.84 Å². The minimum absolute atomic E-state index is 0.497. The van der Waals surface area contributed by atoms with Crippen molar-refractivity contribution in [3.05, 3.63) is 11.8 Å². The normalized spacial score (nSPS) is 14.9. The van der Waals surface area contributed by atoms with Crippen molar-refractivity contribution in [1.29, 1.82) is 0 Å². The van der Waals surface area contributed by atoms with Crippen molar-refractivity contribution < 1.29 is 0 Å². The van der Waals surface area contributed by atoms with E-state index in [1.54, 1.807) is 0 Å². The number of nitrogens with zero attached hydrogens (tertiary/aromatic N) is 3. The second kappa shape index (κ2) is 4.65. The Morgan fingerprint density at radius 3 is 2.81 bits per heavy atom. The molecule has 1 aromatic rings. The standard InChI is InChI=1S/C11H19N5/c1-3-6-16(9-4-5-9)10-7-8(2)13-11(14-10)15-12/h7,9H,3-6,12H2,1-2H3,(H,13,14,15). The summed E-state index contributed by atoms with van der Waals surface area (Å²) in [6, 6.07) is 2.69. The van der Waals surface area contributed by atoms with E-state index >= 15 is 0 Å². The first-order valence-electron chi connectivity index (χ1n) is 5.83. The van der Waals surface area contributed by atoms with E-state index in [1.165, 1.54) is 12.8 Å². The molecule has 0 bridgehead atoms. The maximum absolute atomic E-state index is 5.36. The Kier molecular flexibility index (Phi) is 3.24.